The van der Waals surface area contributed by atoms with E-state index in [0.29, 0.717) is 13.0 Å². The van der Waals surface area contributed by atoms with Gasteiger partial charge < -0.3 is 15.5 Å². The third-order valence-corrected chi connectivity index (χ3v) is 6.12. The summed E-state index contributed by atoms with van der Waals surface area (Å²) >= 11 is 0. The molecule has 1 aliphatic rings. The second-order valence-electron chi connectivity index (χ2n) is 8.19. The van der Waals surface area contributed by atoms with Gasteiger partial charge in [-0.15, -0.1) is 0 Å². The van der Waals surface area contributed by atoms with Crippen LogP contribution >= 0.6 is 0 Å². The average molecular weight is 428 g/mol. The zero-order valence-electron chi connectivity index (χ0n) is 18.5. The second kappa shape index (κ2) is 9.79. The minimum atomic E-state index is -0.561. The van der Waals surface area contributed by atoms with Gasteiger partial charge in [-0.05, 0) is 55.1 Å². The van der Waals surface area contributed by atoms with Gasteiger partial charge in [0.25, 0.3) is 0 Å². The van der Waals surface area contributed by atoms with Crippen LogP contribution in [-0.4, -0.2) is 30.9 Å². The van der Waals surface area contributed by atoms with Gasteiger partial charge >= 0.3 is 0 Å². The molecule has 2 atom stereocenters. The van der Waals surface area contributed by atoms with Crippen LogP contribution in [0.5, 0.6) is 0 Å². The summed E-state index contributed by atoms with van der Waals surface area (Å²) in [5.74, 6) is -0.240. The van der Waals surface area contributed by atoms with E-state index in [1.165, 1.54) is 0 Å². The fourth-order valence-corrected chi connectivity index (χ4v) is 4.17. The number of aryl methyl sites for hydroxylation is 1. The smallest absolute Gasteiger partial charge is 0.249 e. The topological polar surface area (TPSA) is 61.4 Å². The number of amides is 2. The Bertz CT molecular complexity index is 1100. The van der Waals surface area contributed by atoms with Crippen LogP contribution in [0.2, 0.25) is 0 Å². The summed E-state index contributed by atoms with van der Waals surface area (Å²) < 4.78 is 0. The number of benzene rings is 3. The van der Waals surface area contributed by atoms with E-state index in [1.807, 2.05) is 53.4 Å². The fourth-order valence-electron chi connectivity index (χ4n) is 4.17. The van der Waals surface area contributed by atoms with E-state index in [-0.39, 0.29) is 17.9 Å². The van der Waals surface area contributed by atoms with E-state index in [0.717, 1.165) is 34.4 Å². The van der Waals surface area contributed by atoms with Crippen LogP contribution in [0, 0.1) is 0 Å². The molecule has 0 saturated heterocycles. The number of para-hydroxylation sites is 1. The lowest BCUT2D eigenvalue weighted by molar-refractivity contribution is -0.128. The Morgan fingerprint density at radius 1 is 1.00 bits per heavy atom. The van der Waals surface area contributed by atoms with Crippen molar-refractivity contribution < 1.29 is 9.59 Å². The monoisotopic (exact) mass is 427 g/mol. The number of hydrogen-bond acceptors (Lipinski definition) is 3. The highest BCUT2D eigenvalue weighted by molar-refractivity contribution is 6.01. The van der Waals surface area contributed by atoms with E-state index >= 15 is 0 Å². The molecule has 164 valence electrons. The van der Waals surface area contributed by atoms with Crippen LogP contribution in [0.1, 0.15) is 24.5 Å². The van der Waals surface area contributed by atoms with Crippen molar-refractivity contribution in [3.8, 4) is 11.1 Å². The number of likely N-dealkylation sites (N-methyl/N-ethyl adjacent to an activating group) is 1. The molecule has 1 heterocycles. The number of hydrogen-bond donors (Lipinski definition) is 2. The van der Waals surface area contributed by atoms with Gasteiger partial charge in [0.15, 0.2) is 0 Å². The van der Waals surface area contributed by atoms with Crippen molar-refractivity contribution in [3.05, 3.63) is 90.0 Å². The summed E-state index contributed by atoms with van der Waals surface area (Å²) in [4.78, 5) is 28.1. The molecule has 0 radical (unpaired) electrons. The van der Waals surface area contributed by atoms with Crippen LogP contribution in [0.15, 0.2) is 78.9 Å². The fraction of sp³-hybridized carbons (Fsp3) is 0.259. The van der Waals surface area contributed by atoms with Crippen molar-refractivity contribution in [2.45, 2.75) is 38.4 Å². The Labute approximate surface area is 189 Å². The highest BCUT2D eigenvalue weighted by Crippen LogP contribution is 2.31. The molecule has 32 heavy (non-hydrogen) atoms. The first-order valence-corrected chi connectivity index (χ1v) is 11.1. The van der Waals surface area contributed by atoms with Gasteiger partial charge in [-0.3, -0.25) is 9.59 Å². The largest absolute Gasteiger partial charge is 0.343 e. The number of anilines is 1. The average Bonchev–Trinajstić information content (AvgIpc) is 2.96. The van der Waals surface area contributed by atoms with Crippen molar-refractivity contribution >= 4 is 17.5 Å². The number of carbonyl (C=O) groups is 2. The molecule has 2 unspecified atom stereocenters. The number of nitrogens with zero attached hydrogens (tertiary/aromatic N) is 1. The number of fused-ring (bicyclic) bond motifs is 1. The molecule has 5 heteroatoms. The molecule has 3 aromatic rings. The molecule has 0 aromatic heterocycles. The Hall–Kier alpha value is -3.44. The van der Waals surface area contributed by atoms with Gasteiger partial charge in [0.05, 0.1) is 12.6 Å². The molecule has 0 bridgehead atoms. The van der Waals surface area contributed by atoms with E-state index < -0.39 is 6.04 Å². The Balaban J connectivity index is 1.70. The third kappa shape index (κ3) is 4.58. The number of nitrogens with one attached hydrogen (secondary N) is 2. The summed E-state index contributed by atoms with van der Waals surface area (Å²) in [5, 5.41) is 5.91. The minimum Gasteiger partial charge on any atom is -0.343 e. The van der Waals surface area contributed by atoms with Crippen molar-refractivity contribution in [2.75, 3.05) is 11.9 Å². The standard InChI is InChI=1S/C27H29N3O2/c1-19(28-2)26(31)29-24-17-16-21-12-7-9-15-25(21)30(27(24)32)18-22-13-6-8-14-23(22)20-10-4-3-5-11-20/h3-15,19,24,28H,16-18H2,1-2H3,(H,29,31). The van der Waals surface area contributed by atoms with Crippen molar-refractivity contribution in [3.63, 3.8) is 0 Å². The van der Waals surface area contributed by atoms with Crippen LogP contribution in [-0.2, 0) is 22.6 Å². The maximum Gasteiger partial charge on any atom is 0.249 e. The van der Waals surface area contributed by atoms with Gasteiger partial charge in [-0.2, -0.15) is 0 Å². The van der Waals surface area contributed by atoms with Crippen molar-refractivity contribution in [1.82, 2.24) is 10.6 Å². The molecule has 5 nitrogen and oxygen atoms in total. The van der Waals surface area contributed by atoms with Crippen LogP contribution in [0.4, 0.5) is 5.69 Å². The lowest BCUT2D eigenvalue weighted by Gasteiger charge is -2.28. The first-order chi connectivity index (χ1) is 15.6. The first-order valence-electron chi connectivity index (χ1n) is 11.1. The summed E-state index contributed by atoms with van der Waals surface area (Å²) in [6.45, 7) is 2.23. The Morgan fingerprint density at radius 2 is 1.69 bits per heavy atom. The SMILES string of the molecule is CNC(C)C(=O)NC1CCc2ccccc2N(Cc2ccccc2-c2ccccc2)C1=O. The number of rotatable bonds is 6. The molecule has 0 saturated carbocycles. The zero-order valence-corrected chi connectivity index (χ0v) is 18.5. The molecule has 2 N–H and O–H groups in total. The minimum absolute atomic E-state index is 0.0746. The molecule has 0 spiro atoms. The lowest BCUT2D eigenvalue weighted by atomic mass is 9.99. The molecule has 0 aliphatic carbocycles. The molecule has 3 aromatic carbocycles. The van der Waals surface area contributed by atoms with E-state index in [4.69, 9.17) is 0 Å². The summed E-state index contributed by atoms with van der Waals surface area (Å²) in [6, 6.07) is 25.5. The quantitative estimate of drug-likeness (QED) is 0.627. The molecule has 4 rings (SSSR count). The summed E-state index contributed by atoms with van der Waals surface area (Å²) in [7, 11) is 1.74. The number of carbonyl (C=O) groups excluding carboxylic acids is 2. The summed E-state index contributed by atoms with van der Waals surface area (Å²) in [5.41, 5.74) is 5.33. The van der Waals surface area contributed by atoms with E-state index in [1.54, 1.807) is 14.0 Å². The van der Waals surface area contributed by atoms with Crippen LogP contribution in [0.3, 0.4) is 0 Å². The van der Waals surface area contributed by atoms with Crippen LogP contribution in [0.25, 0.3) is 11.1 Å². The lowest BCUT2D eigenvalue weighted by Crippen LogP contribution is -2.52. The van der Waals surface area contributed by atoms with Crippen LogP contribution < -0.4 is 15.5 Å². The normalized spacial score (nSPS) is 16.8. The molecule has 1 aliphatic heterocycles. The second-order valence-corrected chi connectivity index (χ2v) is 8.19. The van der Waals surface area contributed by atoms with E-state index in [2.05, 4.69) is 41.0 Å². The summed E-state index contributed by atoms with van der Waals surface area (Å²) in [6.07, 6.45) is 1.31. The molecule has 2 amide bonds. The van der Waals surface area contributed by atoms with Gasteiger partial charge in [0.1, 0.15) is 6.04 Å². The van der Waals surface area contributed by atoms with Crippen molar-refractivity contribution in [1.29, 1.82) is 0 Å². The Morgan fingerprint density at radius 3 is 2.47 bits per heavy atom. The van der Waals surface area contributed by atoms with Gasteiger partial charge in [-0.1, -0.05) is 72.8 Å². The predicted octanol–water partition coefficient (Wildman–Crippen LogP) is 3.93. The van der Waals surface area contributed by atoms with E-state index in [9.17, 15) is 9.59 Å². The van der Waals surface area contributed by atoms with Gasteiger partial charge in [0.2, 0.25) is 11.8 Å². The highest BCUT2D eigenvalue weighted by atomic mass is 16.2. The Kier molecular flexibility index (Phi) is 6.66. The highest BCUT2D eigenvalue weighted by Gasteiger charge is 2.32. The van der Waals surface area contributed by atoms with Gasteiger partial charge in [0, 0.05) is 5.69 Å². The van der Waals surface area contributed by atoms with Crippen molar-refractivity contribution in [2.24, 2.45) is 0 Å². The predicted molar refractivity (Wildman–Crippen MR) is 128 cm³/mol. The first kappa shape index (κ1) is 21.8. The maximum atomic E-state index is 13.7. The molecule has 0 fully saturated rings. The zero-order chi connectivity index (χ0) is 22.5. The van der Waals surface area contributed by atoms with Gasteiger partial charge in [-0.25, -0.2) is 0 Å². The molecular weight excluding hydrogens is 398 g/mol. The maximum absolute atomic E-state index is 13.7. The molecular formula is C27H29N3O2. The third-order valence-electron chi connectivity index (χ3n) is 6.12.